The van der Waals surface area contributed by atoms with Crippen molar-refractivity contribution in [2.24, 2.45) is 0 Å². The summed E-state index contributed by atoms with van der Waals surface area (Å²) in [5, 5.41) is 14.4. The molecular weight excluding hydrogens is 861 g/mol. The largest absolute Gasteiger partial charge is 0.448 e. The molecular formula is C41H38N8O10S3. The number of carbonyl (C=O) groups excluding carboxylic acids is 8. The van der Waals surface area contributed by atoms with Gasteiger partial charge < -0.3 is 30.3 Å². The predicted octanol–water partition coefficient (Wildman–Crippen LogP) is 2.76. The Morgan fingerprint density at radius 2 is 1.61 bits per heavy atom. The number of β-lactam (4-membered cyclic amide) rings is 1. The van der Waals surface area contributed by atoms with Crippen LogP contribution in [0, 0.1) is 0 Å². The molecule has 18 nitrogen and oxygen atoms in total. The zero-order chi connectivity index (χ0) is 44.0. The molecule has 3 aliphatic rings. The number of likely N-dealkylation sites (N-methyl/N-ethyl adjacent to an activating group) is 1. The summed E-state index contributed by atoms with van der Waals surface area (Å²) in [7, 11) is 0. The first-order valence-corrected chi connectivity index (χ1v) is 22.0. The predicted molar refractivity (Wildman–Crippen MR) is 225 cm³/mol. The minimum absolute atomic E-state index is 0.0645. The van der Waals surface area contributed by atoms with E-state index in [-0.39, 0.29) is 54.6 Å². The summed E-state index contributed by atoms with van der Waals surface area (Å²) in [6.07, 6.45) is -0.640. The van der Waals surface area contributed by atoms with Crippen LogP contribution in [0.2, 0.25) is 0 Å². The van der Waals surface area contributed by atoms with Crippen LogP contribution >= 0.6 is 34.9 Å². The molecule has 0 bridgehead atoms. The van der Waals surface area contributed by atoms with Gasteiger partial charge in [0.05, 0.1) is 0 Å². The molecule has 4 aromatic rings. The number of rotatable bonds is 15. The van der Waals surface area contributed by atoms with E-state index in [0.717, 1.165) is 11.8 Å². The zero-order valence-corrected chi connectivity index (χ0v) is 35.5. The topological polar surface area (TPSA) is 227 Å². The van der Waals surface area contributed by atoms with Crippen LogP contribution in [0.15, 0.2) is 106 Å². The second-order valence-corrected chi connectivity index (χ2v) is 17.0. The summed E-state index contributed by atoms with van der Waals surface area (Å²) in [5.74, 6) is -4.83. The number of esters is 2. The molecule has 3 aliphatic heterocycles. The highest BCUT2D eigenvalue weighted by Crippen LogP contribution is 2.47. The van der Waals surface area contributed by atoms with Crippen LogP contribution in [0.4, 0.5) is 4.79 Å². The molecule has 21 heteroatoms. The number of benzene rings is 3. The van der Waals surface area contributed by atoms with E-state index < -0.39 is 64.8 Å². The normalized spacial score (nSPS) is 19.0. The van der Waals surface area contributed by atoms with Crippen LogP contribution in [-0.2, 0) is 38.3 Å². The van der Waals surface area contributed by atoms with E-state index in [1.165, 1.54) is 64.1 Å². The molecule has 1 unspecified atom stereocenters. The van der Waals surface area contributed by atoms with Crippen LogP contribution in [-0.4, -0.2) is 115 Å². The van der Waals surface area contributed by atoms with E-state index in [0.29, 0.717) is 25.9 Å². The number of ether oxygens (including phenoxy) is 2. The van der Waals surface area contributed by atoms with Gasteiger partial charge in [-0.15, -0.1) is 22.0 Å². The fourth-order valence-electron chi connectivity index (χ4n) is 7.05. The zero-order valence-electron chi connectivity index (χ0n) is 33.0. The van der Waals surface area contributed by atoms with Crippen molar-refractivity contribution < 1.29 is 47.8 Å². The molecule has 7 rings (SSSR count). The molecule has 320 valence electrons. The second-order valence-electron chi connectivity index (χ2n) is 13.8. The van der Waals surface area contributed by atoms with Crippen molar-refractivity contribution in [3.8, 4) is 5.75 Å². The maximum absolute atomic E-state index is 14.7. The van der Waals surface area contributed by atoms with Gasteiger partial charge in [0.25, 0.3) is 5.91 Å². The molecule has 0 aliphatic carbocycles. The molecule has 0 radical (unpaired) electrons. The second kappa shape index (κ2) is 19.0. The number of fused-ring (bicyclic) bond motifs is 1. The lowest BCUT2D eigenvalue weighted by Gasteiger charge is -2.56. The number of hydrogen-bond acceptors (Lipinski definition) is 15. The number of piperazine rings is 1. The van der Waals surface area contributed by atoms with E-state index >= 15 is 0 Å². The van der Waals surface area contributed by atoms with Gasteiger partial charge in [0.1, 0.15) is 28.4 Å². The van der Waals surface area contributed by atoms with E-state index in [4.69, 9.17) is 9.47 Å². The van der Waals surface area contributed by atoms with Crippen molar-refractivity contribution in [2.45, 2.75) is 41.4 Å². The molecule has 7 amide bonds. The Hall–Kier alpha value is -6.58. The molecule has 3 atom stereocenters. The van der Waals surface area contributed by atoms with Crippen LogP contribution in [0.3, 0.4) is 0 Å². The van der Waals surface area contributed by atoms with E-state index in [1.54, 1.807) is 12.4 Å². The quantitative estimate of drug-likeness (QED) is 0.0297. The number of thioether (sulfide) groups is 2. The third kappa shape index (κ3) is 8.90. The van der Waals surface area contributed by atoms with Crippen molar-refractivity contribution in [1.29, 1.82) is 0 Å². The lowest BCUT2D eigenvalue weighted by atomic mass is 9.94. The van der Waals surface area contributed by atoms with Gasteiger partial charge in [-0.1, -0.05) is 95.9 Å². The maximum Gasteiger partial charge on any atom is 0.356 e. The first kappa shape index (κ1) is 43.5. The third-order valence-corrected chi connectivity index (χ3v) is 13.4. The smallest absolute Gasteiger partial charge is 0.356 e. The van der Waals surface area contributed by atoms with Gasteiger partial charge in [-0.3, -0.25) is 38.6 Å². The molecule has 1 aromatic heterocycles. The molecule has 0 saturated carbocycles. The number of hydrogen-bond donors (Lipinski definition) is 3. The highest BCUT2D eigenvalue weighted by Gasteiger charge is 2.66. The lowest BCUT2D eigenvalue weighted by molar-refractivity contribution is -0.164. The third-order valence-electron chi connectivity index (χ3n) is 10.0. The standard InChI is InChI=1S/C41H38N8O10S3/c1-3-47-18-19-48(35(54)34(47)53)39(57)44-30(25-14-16-29(17-15-25)58-24(2)51)33(52)45-41(42-22-50)37(56)49-31(28(20-60-38(41)49)21-61-40-46-43-23-62-40)36(55)59-32(26-10-6-4-7-11-26)27-12-8-5-9-13-27/h4-17,22-23,30,32,38H,3,18-21H2,1-2H3,(H,42,50)(H,44,57)(H,45,52)/t30?,38-,41-/m1/s1. The first-order chi connectivity index (χ1) is 29.9. The summed E-state index contributed by atoms with van der Waals surface area (Å²) in [4.78, 5) is 110. The van der Waals surface area contributed by atoms with E-state index in [1.807, 2.05) is 60.7 Å². The van der Waals surface area contributed by atoms with E-state index in [9.17, 15) is 38.4 Å². The van der Waals surface area contributed by atoms with Gasteiger partial charge in [-0.2, -0.15) is 0 Å². The molecule has 4 heterocycles. The number of nitrogens with one attached hydrogen (secondary N) is 3. The molecule has 3 N–H and O–H groups in total. The monoisotopic (exact) mass is 898 g/mol. The molecule has 2 saturated heterocycles. The van der Waals surface area contributed by atoms with Crippen molar-refractivity contribution >= 4 is 82.9 Å². The Labute approximate surface area is 366 Å². The Morgan fingerprint density at radius 1 is 0.935 bits per heavy atom. The SMILES string of the molecule is CCN1CCN(C(=O)NC(C(=O)N[C@]2(NC=O)C(=O)N3C(C(=O)OC(c4ccccc4)c4ccccc4)=C(CSc4nncs4)CS[C@@H]32)c2ccc(OC(C)=O)cc2)C(=O)C1=O. The lowest BCUT2D eigenvalue weighted by Crippen LogP contribution is -2.85. The molecule has 62 heavy (non-hydrogen) atoms. The number of nitrogens with zero attached hydrogens (tertiary/aromatic N) is 5. The van der Waals surface area contributed by atoms with Crippen LogP contribution in [0.1, 0.15) is 42.7 Å². The Kier molecular flexibility index (Phi) is 13.3. The van der Waals surface area contributed by atoms with Crippen LogP contribution < -0.4 is 20.7 Å². The highest BCUT2D eigenvalue weighted by molar-refractivity contribution is 8.01. The average Bonchev–Trinajstić information content (AvgIpc) is 3.81. The average molecular weight is 899 g/mol. The minimum atomic E-state index is -2.15. The number of carbonyl (C=O) groups is 8. The van der Waals surface area contributed by atoms with Gasteiger partial charge in [-0.25, -0.2) is 9.59 Å². The highest BCUT2D eigenvalue weighted by atomic mass is 32.2. The summed E-state index contributed by atoms with van der Waals surface area (Å²) in [5.41, 5.74) is 1.32. The Morgan fingerprint density at radius 3 is 2.21 bits per heavy atom. The van der Waals surface area contributed by atoms with Crippen LogP contribution in [0.25, 0.3) is 0 Å². The van der Waals surface area contributed by atoms with Crippen LogP contribution in [0.5, 0.6) is 5.75 Å². The van der Waals surface area contributed by atoms with Gasteiger partial charge >= 0.3 is 29.8 Å². The maximum atomic E-state index is 14.7. The summed E-state index contributed by atoms with van der Waals surface area (Å²) < 4.78 is 12.0. The Bertz CT molecular complexity index is 2370. The van der Waals surface area contributed by atoms with Gasteiger partial charge in [-0.05, 0) is 41.3 Å². The van der Waals surface area contributed by atoms with Gasteiger partial charge in [0.2, 0.25) is 18.0 Å². The Balaban J connectivity index is 1.20. The molecule has 3 aromatic carbocycles. The number of imide groups is 1. The fraction of sp³-hybridized carbons (Fsp3) is 0.268. The summed E-state index contributed by atoms with van der Waals surface area (Å²) in [6.45, 7) is 3.04. The summed E-state index contributed by atoms with van der Waals surface area (Å²) >= 11 is 3.77. The van der Waals surface area contributed by atoms with Crippen molar-refractivity contribution in [2.75, 3.05) is 31.1 Å². The minimum Gasteiger partial charge on any atom is -0.448 e. The van der Waals surface area contributed by atoms with Gasteiger partial charge in [0.15, 0.2) is 10.4 Å². The number of urea groups is 1. The van der Waals surface area contributed by atoms with Gasteiger partial charge in [0, 0.05) is 38.1 Å². The number of aromatic nitrogens is 2. The van der Waals surface area contributed by atoms with Crippen molar-refractivity contribution in [1.82, 2.24) is 40.8 Å². The van der Waals surface area contributed by atoms with Crippen molar-refractivity contribution in [3.05, 3.63) is 118 Å². The van der Waals surface area contributed by atoms with Crippen molar-refractivity contribution in [3.63, 3.8) is 0 Å². The summed E-state index contributed by atoms with van der Waals surface area (Å²) in [6, 6.07) is 20.9. The van der Waals surface area contributed by atoms with E-state index in [2.05, 4.69) is 26.1 Å². The molecule has 0 spiro atoms. The number of amides is 7. The fourth-order valence-corrected chi connectivity index (χ4v) is 10.1. The first-order valence-electron chi connectivity index (χ1n) is 19.1. The molecule has 2 fully saturated rings.